The molecule has 4 nitrogen and oxygen atoms in total. The van der Waals surface area contributed by atoms with Crippen molar-refractivity contribution in [2.24, 2.45) is 0 Å². The van der Waals surface area contributed by atoms with Gasteiger partial charge in [-0.1, -0.05) is 78.3 Å². The van der Waals surface area contributed by atoms with Crippen LogP contribution >= 0.6 is 11.6 Å². The Morgan fingerprint density at radius 1 is 0.872 bits per heavy atom. The summed E-state index contributed by atoms with van der Waals surface area (Å²) in [6.07, 6.45) is 3.00. The first-order valence-corrected chi connectivity index (χ1v) is 14.1. The Morgan fingerprint density at radius 2 is 1.56 bits per heavy atom. The second-order valence-electron chi connectivity index (χ2n) is 10.9. The molecule has 0 fully saturated rings. The molecule has 4 aromatic rings. The Morgan fingerprint density at radius 3 is 2.33 bits per heavy atom. The van der Waals surface area contributed by atoms with E-state index in [4.69, 9.17) is 11.6 Å². The van der Waals surface area contributed by atoms with Crippen molar-refractivity contribution in [3.63, 3.8) is 0 Å². The van der Waals surface area contributed by atoms with Gasteiger partial charge in [0, 0.05) is 37.2 Å². The lowest BCUT2D eigenvalue weighted by molar-refractivity contribution is 0.0730. The normalized spacial score (nSPS) is 18.4. The number of carbonyl (C=O) groups excluding carboxylic acids is 1. The lowest BCUT2D eigenvalue weighted by Gasteiger charge is -2.38. The zero-order valence-corrected chi connectivity index (χ0v) is 22.9. The SMILES string of the molecule is CN1CCc2cc(Cl)c(O)cc2C2c3cc(CN(Cc4ccccc4)C(=O)c4ccccc4)ccc3CCC21. The van der Waals surface area contributed by atoms with Crippen molar-refractivity contribution >= 4 is 17.5 Å². The van der Waals surface area contributed by atoms with Crippen LogP contribution in [0, 0.1) is 0 Å². The van der Waals surface area contributed by atoms with Crippen LogP contribution in [0.4, 0.5) is 0 Å². The van der Waals surface area contributed by atoms with Gasteiger partial charge in [0.25, 0.3) is 5.91 Å². The van der Waals surface area contributed by atoms with Gasteiger partial charge >= 0.3 is 0 Å². The van der Waals surface area contributed by atoms with Gasteiger partial charge in [0.2, 0.25) is 0 Å². The van der Waals surface area contributed by atoms with E-state index < -0.39 is 0 Å². The maximum absolute atomic E-state index is 13.7. The van der Waals surface area contributed by atoms with Gasteiger partial charge < -0.3 is 14.9 Å². The van der Waals surface area contributed by atoms with Gasteiger partial charge in [0.05, 0.1) is 5.02 Å². The second kappa shape index (κ2) is 10.9. The van der Waals surface area contributed by atoms with E-state index in [2.05, 4.69) is 42.3 Å². The largest absolute Gasteiger partial charge is 0.506 e. The quantitative estimate of drug-likeness (QED) is 0.304. The van der Waals surface area contributed by atoms with E-state index in [1.807, 2.05) is 65.6 Å². The molecule has 0 spiro atoms. The van der Waals surface area contributed by atoms with Crippen LogP contribution in [0.1, 0.15) is 56.1 Å². The molecule has 0 radical (unpaired) electrons. The van der Waals surface area contributed by atoms with Crippen LogP contribution in [0.15, 0.2) is 91.0 Å². The molecule has 0 aromatic heterocycles. The molecule has 2 atom stereocenters. The molecule has 39 heavy (non-hydrogen) atoms. The van der Waals surface area contributed by atoms with E-state index in [9.17, 15) is 9.90 Å². The fourth-order valence-electron chi connectivity index (χ4n) is 6.36. The highest BCUT2D eigenvalue weighted by molar-refractivity contribution is 6.32. The lowest BCUT2D eigenvalue weighted by atomic mass is 9.74. The lowest BCUT2D eigenvalue weighted by Crippen LogP contribution is -2.39. The fraction of sp³-hybridized carbons (Fsp3) is 0.265. The number of amides is 1. The monoisotopic (exact) mass is 536 g/mol. The van der Waals surface area contributed by atoms with Crippen molar-refractivity contribution < 1.29 is 9.90 Å². The summed E-state index contributed by atoms with van der Waals surface area (Å²) in [5.41, 5.74) is 7.93. The van der Waals surface area contributed by atoms with Gasteiger partial charge in [0.1, 0.15) is 5.75 Å². The van der Waals surface area contributed by atoms with Crippen molar-refractivity contribution in [3.05, 3.63) is 135 Å². The number of nitrogens with zero attached hydrogens (tertiary/aromatic N) is 2. The highest BCUT2D eigenvalue weighted by Crippen LogP contribution is 2.44. The van der Waals surface area contributed by atoms with Crippen LogP contribution in [0.3, 0.4) is 0 Å². The van der Waals surface area contributed by atoms with Crippen LogP contribution in [-0.2, 0) is 25.9 Å². The number of rotatable bonds is 5. The summed E-state index contributed by atoms with van der Waals surface area (Å²) in [4.78, 5) is 18.1. The molecule has 1 heterocycles. The molecule has 1 amide bonds. The van der Waals surface area contributed by atoms with Gasteiger partial charge in [-0.2, -0.15) is 0 Å². The molecule has 4 aromatic carbocycles. The Balaban J connectivity index is 1.39. The number of hydrogen-bond acceptors (Lipinski definition) is 3. The number of phenolic OH excluding ortho intramolecular Hbond substituents is 1. The van der Waals surface area contributed by atoms with Crippen molar-refractivity contribution in [1.82, 2.24) is 9.80 Å². The zero-order valence-electron chi connectivity index (χ0n) is 22.2. The molecule has 6 rings (SSSR count). The van der Waals surface area contributed by atoms with Gasteiger partial charge in [-0.15, -0.1) is 0 Å². The highest BCUT2D eigenvalue weighted by atomic mass is 35.5. The van der Waals surface area contributed by atoms with E-state index in [1.165, 1.54) is 22.3 Å². The highest BCUT2D eigenvalue weighted by Gasteiger charge is 2.37. The van der Waals surface area contributed by atoms with Crippen LogP contribution in [0.5, 0.6) is 5.75 Å². The van der Waals surface area contributed by atoms with Crippen LogP contribution < -0.4 is 0 Å². The Hall–Kier alpha value is -3.60. The third kappa shape index (κ3) is 5.19. The van der Waals surface area contributed by atoms with Crippen LogP contribution in [-0.4, -0.2) is 40.4 Å². The molecule has 2 aliphatic rings. The first kappa shape index (κ1) is 25.7. The number of likely N-dealkylation sites (N-methyl/N-ethyl adjacent to an activating group) is 1. The van der Waals surface area contributed by atoms with E-state index in [1.54, 1.807) is 0 Å². The van der Waals surface area contributed by atoms with E-state index in [-0.39, 0.29) is 17.6 Å². The minimum Gasteiger partial charge on any atom is -0.506 e. The third-order valence-electron chi connectivity index (χ3n) is 8.38. The fourth-order valence-corrected chi connectivity index (χ4v) is 6.55. The smallest absolute Gasteiger partial charge is 0.254 e. The standard InChI is InChI=1S/C34H33ClN2O2/c1-36-17-16-27-19-30(35)32(38)20-29(27)33-28-18-24(12-13-25(28)14-15-31(33)36)22-37(21-23-8-4-2-5-9-23)34(39)26-10-6-3-7-11-26/h2-13,18-20,31,33,38H,14-17,21-22H2,1H3. The van der Waals surface area contributed by atoms with Crippen molar-refractivity contribution in [2.75, 3.05) is 13.6 Å². The molecule has 2 unspecified atom stereocenters. The average Bonchev–Trinajstić information content (AvgIpc) is 3.10. The van der Waals surface area contributed by atoms with Crippen LogP contribution in [0.2, 0.25) is 5.02 Å². The van der Waals surface area contributed by atoms with Gasteiger partial charge in [0.15, 0.2) is 0 Å². The maximum atomic E-state index is 13.7. The second-order valence-corrected chi connectivity index (χ2v) is 11.3. The molecule has 5 heteroatoms. The average molecular weight is 537 g/mol. The van der Waals surface area contributed by atoms with Gasteiger partial charge in [-0.25, -0.2) is 0 Å². The van der Waals surface area contributed by atoms with Crippen LogP contribution in [0.25, 0.3) is 0 Å². The zero-order chi connectivity index (χ0) is 26.9. The van der Waals surface area contributed by atoms with E-state index >= 15 is 0 Å². The van der Waals surface area contributed by atoms with Crippen molar-refractivity contribution in [2.45, 2.75) is 44.3 Å². The third-order valence-corrected chi connectivity index (χ3v) is 8.68. The predicted octanol–water partition coefficient (Wildman–Crippen LogP) is 6.82. The minimum absolute atomic E-state index is 0.0224. The summed E-state index contributed by atoms with van der Waals surface area (Å²) in [5, 5.41) is 11.0. The molecule has 1 aliphatic heterocycles. The summed E-state index contributed by atoms with van der Waals surface area (Å²) in [6, 6.07) is 30.6. The predicted molar refractivity (Wildman–Crippen MR) is 156 cm³/mol. The molecule has 1 aliphatic carbocycles. The number of carbonyl (C=O) groups is 1. The van der Waals surface area contributed by atoms with E-state index in [0.717, 1.165) is 36.9 Å². The summed E-state index contributed by atoms with van der Waals surface area (Å²) in [7, 11) is 2.21. The molecular weight excluding hydrogens is 504 g/mol. The summed E-state index contributed by atoms with van der Waals surface area (Å²) in [6.45, 7) is 2.01. The number of aryl methyl sites for hydroxylation is 1. The Bertz CT molecular complexity index is 1490. The van der Waals surface area contributed by atoms with Crippen molar-refractivity contribution in [1.29, 1.82) is 0 Å². The number of halogens is 1. The summed E-state index contributed by atoms with van der Waals surface area (Å²) in [5.74, 6) is 0.311. The number of phenols is 1. The maximum Gasteiger partial charge on any atom is 0.254 e. The topological polar surface area (TPSA) is 43.8 Å². The molecule has 0 saturated heterocycles. The molecule has 0 saturated carbocycles. The summed E-state index contributed by atoms with van der Waals surface area (Å²) >= 11 is 6.34. The first-order valence-electron chi connectivity index (χ1n) is 13.7. The van der Waals surface area contributed by atoms with E-state index in [0.29, 0.717) is 29.7 Å². The van der Waals surface area contributed by atoms with Gasteiger partial charge in [-0.05, 0) is 84.0 Å². The number of benzene rings is 4. The number of hydrogen-bond donors (Lipinski definition) is 1. The van der Waals surface area contributed by atoms with Crippen molar-refractivity contribution in [3.8, 4) is 5.75 Å². The van der Waals surface area contributed by atoms with Gasteiger partial charge in [-0.3, -0.25) is 4.79 Å². The molecule has 1 N–H and O–H groups in total. The molecule has 0 bridgehead atoms. The molecular formula is C34H33ClN2O2. The summed E-state index contributed by atoms with van der Waals surface area (Å²) < 4.78 is 0. The Kier molecular flexibility index (Phi) is 7.16. The Labute approximate surface area is 235 Å². The number of fused-ring (bicyclic) bond motifs is 5. The molecule has 198 valence electrons. The first-order chi connectivity index (χ1) is 19.0. The minimum atomic E-state index is 0.0224. The number of aromatic hydroxyl groups is 1.